The van der Waals surface area contributed by atoms with Gasteiger partial charge in [0.05, 0.1) is 10.7 Å². The van der Waals surface area contributed by atoms with Crippen LogP contribution in [-0.2, 0) is 14.3 Å². The monoisotopic (exact) mass is 438 g/mol. The number of hydrazine groups is 1. The van der Waals surface area contributed by atoms with Crippen LogP contribution >= 0.6 is 34.8 Å². The summed E-state index contributed by atoms with van der Waals surface area (Å²) in [6.45, 7) is 0. The molecule has 0 bridgehead atoms. The van der Waals surface area contributed by atoms with Crippen LogP contribution in [0.1, 0.15) is 5.56 Å². The van der Waals surface area contributed by atoms with Crippen molar-refractivity contribution in [3.63, 3.8) is 0 Å². The molecular formula is C18H13Cl3N4O3. The first kappa shape index (κ1) is 20.3. The molecule has 0 saturated carbocycles. The van der Waals surface area contributed by atoms with Crippen molar-refractivity contribution in [3.05, 3.63) is 63.1 Å². The molecule has 2 N–H and O–H groups in total. The van der Waals surface area contributed by atoms with Gasteiger partial charge in [0.25, 0.3) is 5.91 Å². The molecule has 1 atom stereocenters. The van der Waals surface area contributed by atoms with Crippen molar-refractivity contribution in [3.8, 4) is 0 Å². The Labute approximate surface area is 175 Å². The Bertz CT molecular complexity index is 990. The highest BCUT2D eigenvalue weighted by Gasteiger charge is 2.36. The number of Topliss-reactive ketones (excluding diaryl/α,β-unsaturated/α-hetero) is 1. The Balaban J connectivity index is 1.82. The van der Waals surface area contributed by atoms with Crippen LogP contribution in [0.2, 0.25) is 15.1 Å². The third-order valence-electron chi connectivity index (χ3n) is 3.80. The van der Waals surface area contributed by atoms with Crippen LogP contribution in [0.25, 0.3) is 0 Å². The normalized spacial score (nSPS) is 16.3. The van der Waals surface area contributed by atoms with Gasteiger partial charge in [0.15, 0.2) is 11.8 Å². The molecule has 1 amide bonds. The van der Waals surface area contributed by atoms with Crippen molar-refractivity contribution in [2.75, 3.05) is 12.5 Å². The van der Waals surface area contributed by atoms with E-state index >= 15 is 0 Å². The molecule has 0 fully saturated rings. The summed E-state index contributed by atoms with van der Waals surface area (Å²) in [5.74, 6) is -1.40. The Hall–Kier alpha value is -2.45. The number of methoxy groups -OCH3 is 1. The molecule has 1 unspecified atom stereocenters. The second kappa shape index (κ2) is 8.70. The lowest BCUT2D eigenvalue weighted by atomic mass is 9.98. The van der Waals surface area contributed by atoms with E-state index < -0.39 is 23.5 Å². The number of ketones is 1. The van der Waals surface area contributed by atoms with Crippen molar-refractivity contribution in [2.24, 2.45) is 10.2 Å². The van der Waals surface area contributed by atoms with Crippen LogP contribution < -0.4 is 10.9 Å². The summed E-state index contributed by atoms with van der Waals surface area (Å²) >= 11 is 17.9. The molecule has 144 valence electrons. The number of hydrogen-bond donors (Lipinski definition) is 2. The van der Waals surface area contributed by atoms with Gasteiger partial charge in [0, 0.05) is 22.7 Å². The van der Waals surface area contributed by atoms with Gasteiger partial charge in [-0.1, -0.05) is 34.8 Å². The Morgan fingerprint density at radius 2 is 1.71 bits per heavy atom. The minimum Gasteiger partial charge on any atom is -0.367 e. The zero-order chi connectivity index (χ0) is 20.3. The number of anilines is 1. The highest BCUT2D eigenvalue weighted by atomic mass is 35.5. The zero-order valence-electron chi connectivity index (χ0n) is 14.4. The molecule has 0 saturated heterocycles. The Morgan fingerprint density at radius 3 is 2.36 bits per heavy atom. The molecule has 3 rings (SSSR count). The molecule has 2 aromatic carbocycles. The second-order valence-electron chi connectivity index (χ2n) is 5.62. The summed E-state index contributed by atoms with van der Waals surface area (Å²) in [6.07, 6.45) is -1.13. The van der Waals surface area contributed by atoms with E-state index in [0.29, 0.717) is 21.3 Å². The van der Waals surface area contributed by atoms with Gasteiger partial charge in [-0.3, -0.25) is 20.4 Å². The van der Waals surface area contributed by atoms with Crippen LogP contribution in [0.3, 0.4) is 0 Å². The van der Waals surface area contributed by atoms with Crippen molar-refractivity contribution in [1.29, 1.82) is 0 Å². The third-order valence-corrected chi connectivity index (χ3v) is 4.60. The van der Waals surface area contributed by atoms with Crippen LogP contribution in [0.5, 0.6) is 0 Å². The lowest BCUT2D eigenvalue weighted by Gasteiger charge is -2.21. The standard InChI is InChI=1S/C18H13Cl3N4O3/c1-28-17-14(12-7-4-10(20)8-13(12)21)23-24-15(16(17)26)18(27)25-22-11-5-2-9(19)3-6-11/h2-8,17,22H,1H3,(H,25,27). The number of hydrogen-bond acceptors (Lipinski definition) is 6. The van der Waals surface area contributed by atoms with Gasteiger partial charge < -0.3 is 4.74 Å². The van der Waals surface area contributed by atoms with Gasteiger partial charge in [0.1, 0.15) is 5.71 Å². The number of nitrogens with one attached hydrogen (secondary N) is 2. The maximum absolute atomic E-state index is 12.7. The number of carbonyl (C=O) groups is 2. The number of amides is 1. The van der Waals surface area contributed by atoms with E-state index in [-0.39, 0.29) is 10.7 Å². The third kappa shape index (κ3) is 4.34. The van der Waals surface area contributed by atoms with Gasteiger partial charge >= 0.3 is 0 Å². The van der Waals surface area contributed by atoms with Crippen molar-refractivity contribution < 1.29 is 14.3 Å². The fourth-order valence-electron chi connectivity index (χ4n) is 2.44. The number of ether oxygens (including phenoxy) is 1. The summed E-state index contributed by atoms with van der Waals surface area (Å²) in [7, 11) is 1.33. The van der Waals surface area contributed by atoms with E-state index in [1.54, 1.807) is 36.4 Å². The maximum Gasteiger partial charge on any atom is 0.293 e. The number of nitrogens with zero attached hydrogens (tertiary/aromatic N) is 2. The largest absolute Gasteiger partial charge is 0.367 e. The topological polar surface area (TPSA) is 92.2 Å². The zero-order valence-corrected chi connectivity index (χ0v) is 16.6. The molecule has 0 aromatic heterocycles. The molecule has 2 aromatic rings. The second-order valence-corrected chi connectivity index (χ2v) is 6.90. The van der Waals surface area contributed by atoms with E-state index in [2.05, 4.69) is 21.1 Å². The average molecular weight is 440 g/mol. The molecule has 1 heterocycles. The smallest absolute Gasteiger partial charge is 0.293 e. The Kier molecular flexibility index (Phi) is 6.31. The Morgan fingerprint density at radius 1 is 1.04 bits per heavy atom. The van der Waals surface area contributed by atoms with Crippen LogP contribution in [0.4, 0.5) is 5.69 Å². The summed E-state index contributed by atoms with van der Waals surface area (Å²) in [5.41, 5.74) is 5.85. The molecule has 0 aliphatic carbocycles. The fourth-order valence-corrected chi connectivity index (χ4v) is 3.07. The summed E-state index contributed by atoms with van der Waals surface area (Å²) in [6, 6.07) is 11.3. The van der Waals surface area contributed by atoms with Crippen molar-refractivity contribution in [2.45, 2.75) is 6.10 Å². The minimum absolute atomic E-state index is 0.191. The summed E-state index contributed by atoms with van der Waals surface area (Å²) in [5, 5.41) is 9.02. The first-order chi connectivity index (χ1) is 13.4. The molecular weight excluding hydrogens is 427 g/mol. The van der Waals surface area contributed by atoms with Crippen molar-refractivity contribution >= 4 is 63.6 Å². The van der Waals surface area contributed by atoms with Gasteiger partial charge in [0.2, 0.25) is 5.78 Å². The maximum atomic E-state index is 12.7. The highest BCUT2D eigenvalue weighted by Crippen LogP contribution is 2.25. The van der Waals surface area contributed by atoms with Gasteiger partial charge in [-0.15, -0.1) is 5.10 Å². The summed E-state index contributed by atoms with van der Waals surface area (Å²) in [4.78, 5) is 25.0. The average Bonchev–Trinajstić information content (AvgIpc) is 2.67. The van der Waals surface area contributed by atoms with Gasteiger partial charge in [-0.25, -0.2) is 0 Å². The lowest BCUT2D eigenvalue weighted by molar-refractivity contribution is -0.121. The number of rotatable bonds is 5. The van der Waals surface area contributed by atoms with Crippen LogP contribution in [-0.4, -0.2) is 36.3 Å². The molecule has 0 radical (unpaired) electrons. The quantitative estimate of drug-likeness (QED) is 0.697. The van der Waals surface area contributed by atoms with Gasteiger partial charge in [-0.05, 0) is 42.5 Å². The molecule has 1 aliphatic heterocycles. The molecule has 10 heteroatoms. The fraction of sp³-hybridized carbons (Fsp3) is 0.111. The summed E-state index contributed by atoms with van der Waals surface area (Å²) < 4.78 is 5.24. The minimum atomic E-state index is -1.13. The van der Waals surface area contributed by atoms with Gasteiger partial charge in [-0.2, -0.15) is 5.10 Å². The van der Waals surface area contributed by atoms with E-state index in [9.17, 15) is 9.59 Å². The first-order valence-corrected chi connectivity index (χ1v) is 9.04. The predicted molar refractivity (Wildman–Crippen MR) is 109 cm³/mol. The van der Waals surface area contributed by atoms with Crippen LogP contribution in [0, 0.1) is 0 Å². The molecule has 7 nitrogen and oxygen atoms in total. The molecule has 1 aliphatic rings. The molecule has 0 spiro atoms. The van der Waals surface area contributed by atoms with E-state index in [1.165, 1.54) is 13.2 Å². The molecule has 28 heavy (non-hydrogen) atoms. The highest BCUT2D eigenvalue weighted by molar-refractivity contribution is 6.68. The van der Waals surface area contributed by atoms with E-state index in [0.717, 1.165) is 0 Å². The number of benzene rings is 2. The first-order valence-electron chi connectivity index (χ1n) is 7.90. The number of halogens is 3. The lowest BCUT2D eigenvalue weighted by Crippen LogP contribution is -2.47. The SMILES string of the molecule is COC1C(=O)C(C(=O)NNc2ccc(Cl)cc2)=NN=C1c1ccc(Cl)cc1Cl. The van der Waals surface area contributed by atoms with E-state index in [4.69, 9.17) is 39.5 Å². The predicted octanol–water partition coefficient (Wildman–Crippen LogP) is 3.53. The number of carbonyl (C=O) groups excluding carboxylic acids is 2. The van der Waals surface area contributed by atoms with Crippen molar-refractivity contribution in [1.82, 2.24) is 5.43 Å². The van der Waals surface area contributed by atoms with E-state index in [1.807, 2.05) is 0 Å². The van der Waals surface area contributed by atoms with Crippen LogP contribution in [0.15, 0.2) is 52.7 Å².